The number of thiazole rings is 1. The van der Waals surface area contributed by atoms with Gasteiger partial charge in [0.2, 0.25) is 0 Å². The lowest BCUT2D eigenvalue weighted by Gasteiger charge is -2.23. The second-order valence-electron chi connectivity index (χ2n) is 6.03. The molecule has 1 aliphatic heterocycles. The average Bonchev–Trinajstić information content (AvgIpc) is 3.29. The van der Waals surface area contributed by atoms with Crippen LogP contribution in [0.25, 0.3) is 0 Å². The molecule has 128 valence electrons. The quantitative estimate of drug-likeness (QED) is 0.777. The van der Waals surface area contributed by atoms with Crippen molar-refractivity contribution in [3.63, 3.8) is 0 Å². The van der Waals surface area contributed by atoms with E-state index in [2.05, 4.69) is 20.4 Å². The minimum Gasteiger partial charge on any atom is -0.370 e. The Labute approximate surface area is 149 Å². The van der Waals surface area contributed by atoms with Crippen LogP contribution in [0.3, 0.4) is 0 Å². The second kappa shape index (κ2) is 7.02. The molecular weight excluding hydrogens is 336 g/mol. The van der Waals surface area contributed by atoms with Gasteiger partial charge >= 0.3 is 0 Å². The molecule has 7 nitrogen and oxygen atoms in total. The number of hydrogen-bond acceptors (Lipinski definition) is 6. The molecule has 0 bridgehead atoms. The Morgan fingerprint density at radius 1 is 1.24 bits per heavy atom. The van der Waals surface area contributed by atoms with Crippen molar-refractivity contribution in [2.75, 3.05) is 18.4 Å². The fourth-order valence-electron chi connectivity index (χ4n) is 3.01. The summed E-state index contributed by atoms with van der Waals surface area (Å²) in [6, 6.07) is 7.75. The van der Waals surface area contributed by atoms with Crippen LogP contribution in [-0.4, -0.2) is 43.6 Å². The molecule has 0 fully saturated rings. The van der Waals surface area contributed by atoms with E-state index in [0.29, 0.717) is 18.8 Å². The van der Waals surface area contributed by atoms with Gasteiger partial charge in [0.25, 0.3) is 5.91 Å². The SMILES string of the molecule is O=C(c1cscn1)N1Cc2ccnn2C[C@H](CNc2ccccn2)C1. The fraction of sp³-hybridized carbons (Fsp3) is 0.294. The fourth-order valence-corrected chi connectivity index (χ4v) is 3.54. The van der Waals surface area contributed by atoms with Gasteiger partial charge in [0, 0.05) is 43.3 Å². The number of hydrogen-bond donors (Lipinski definition) is 1. The van der Waals surface area contributed by atoms with Gasteiger partial charge in [-0.1, -0.05) is 6.07 Å². The molecule has 4 rings (SSSR count). The number of amides is 1. The van der Waals surface area contributed by atoms with Gasteiger partial charge < -0.3 is 10.2 Å². The minimum atomic E-state index is -0.0289. The van der Waals surface area contributed by atoms with Crippen LogP contribution in [-0.2, 0) is 13.1 Å². The summed E-state index contributed by atoms with van der Waals surface area (Å²) in [6.07, 6.45) is 3.55. The number of fused-ring (bicyclic) bond motifs is 1. The highest BCUT2D eigenvalue weighted by molar-refractivity contribution is 7.07. The molecule has 8 heteroatoms. The van der Waals surface area contributed by atoms with E-state index in [4.69, 9.17) is 0 Å². The largest absolute Gasteiger partial charge is 0.370 e. The van der Waals surface area contributed by atoms with Crippen LogP contribution in [0.5, 0.6) is 0 Å². The molecule has 0 aromatic carbocycles. The summed E-state index contributed by atoms with van der Waals surface area (Å²) in [6.45, 7) is 2.69. The number of aromatic nitrogens is 4. The maximum Gasteiger partial charge on any atom is 0.273 e. The second-order valence-corrected chi connectivity index (χ2v) is 6.74. The molecule has 3 aromatic rings. The third kappa shape index (κ3) is 3.53. The lowest BCUT2D eigenvalue weighted by Crippen LogP contribution is -2.36. The predicted octanol–water partition coefficient (Wildman–Crippen LogP) is 2.12. The summed E-state index contributed by atoms with van der Waals surface area (Å²) in [4.78, 5) is 23.1. The van der Waals surface area contributed by atoms with Gasteiger partial charge in [-0.15, -0.1) is 11.3 Å². The molecule has 0 radical (unpaired) electrons. The Kier molecular flexibility index (Phi) is 4.43. The van der Waals surface area contributed by atoms with Crippen LogP contribution in [0.4, 0.5) is 5.82 Å². The molecule has 0 aliphatic carbocycles. The maximum atomic E-state index is 12.8. The number of nitrogens with zero attached hydrogens (tertiary/aromatic N) is 5. The molecule has 0 saturated carbocycles. The topological polar surface area (TPSA) is 75.9 Å². The van der Waals surface area contributed by atoms with E-state index in [1.54, 1.807) is 23.3 Å². The Morgan fingerprint density at radius 3 is 3.00 bits per heavy atom. The third-order valence-electron chi connectivity index (χ3n) is 4.24. The Balaban J connectivity index is 1.52. The molecule has 1 amide bonds. The van der Waals surface area contributed by atoms with Crippen molar-refractivity contribution in [2.45, 2.75) is 13.1 Å². The molecule has 1 atom stereocenters. The van der Waals surface area contributed by atoms with Crippen LogP contribution in [0.15, 0.2) is 47.5 Å². The van der Waals surface area contributed by atoms with E-state index < -0.39 is 0 Å². The molecule has 3 aromatic heterocycles. The lowest BCUT2D eigenvalue weighted by atomic mass is 10.1. The molecular formula is C17H18N6OS. The number of rotatable bonds is 4. The third-order valence-corrected chi connectivity index (χ3v) is 4.83. The first-order chi connectivity index (χ1) is 12.3. The summed E-state index contributed by atoms with van der Waals surface area (Å²) in [5.41, 5.74) is 3.24. The average molecular weight is 354 g/mol. The van der Waals surface area contributed by atoms with Crippen LogP contribution in [0.2, 0.25) is 0 Å². The first kappa shape index (κ1) is 15.8. The van der Waals surface area contributed by atoms with E-state index >= 15 is 0 Å². The Hall–Kier alpha value is -2.74. The van der Waals surface area contributed by atoms with Crippen molar-refractivity contribution < 1.29 is 4.79 Å². The first-order valence-electron chi connectivity index (χ1n) is 8.12. The Morgan fingerprint density at radius 2 is 2.20 bits per heavy atom. The molecule has 0 unspecified atom stereocenters. The van der Waals surface area contributed by atoms with E-state index in [1.807, 2.05) is 33.8 Å². The highest BCUT2D eigenvalue weighted by atomic mass is 32.1. The molecule has 25 heavy (non-hydrogen) atoms. The molecule has 1 aliphatic rings. The van der Waals surface area contributed by atoms with Crippen LogP contribution >= 0.6 is 11.3 Å². The van der Waals surface area contributed by atoms with E-state index in [1.165, 1.54) is 11.3 Å². The van der Waals surface area contributed by atoms with Crippen molar-refractivity contribution in [1.82, 2.24) is 24.6 Å². The van der Waals surface area contributed by atoms with Crippen LogP contribution < -0.4 is 5.32 Å². The molecule has 1 N–H and O–H groups in total. The van der Waals surface area contributed by atoms with Gasteiger partial charge in [-0.2, -0.15) is 5.10 Å². The molecule has 4 heterocycles. The summed E-state index contributed by atoms with van der Waals surface area (Å²) >= 11 is 1.44. The van der Waals surface area contributed by atoms with Crippen LogP contribution in [0.1, 0.15) is 16.2 Å². The van der Waals surface area contributed by atoms with Gasteiger partial charge in [0.1, 0.15) is 11.5 Å². The highest BCUT2D eigenvalue weighted by Gasteiger charge is 2.27. The summed E-state index contributed by atoms with van der Waals surface area (Å²) < 4.78 is 1.99. The van der Waals surface area contributed by atoms with Crippen LogP contribution in [0, 0.1) is 5.92 Å². The van der Waals surface area contributed by atoms with Gasteiger partial charge in [0.05, 0.1) is 17.7 Å². The number of pyridine rings is 1. The van der Waals surface area contributed by atoms with Gasteiger partial charge in [0.15, 0.2) is 0 Å². The number of carbonyl (C=O) groups is 1. The number of nitrogens with one attached hydrogen (secondary N) is 1. The number of carbonyl (C=O) groups excluding carboxylic acids is 1. The summed E-state index contributed by atoms with van der Waals surface area (Å²) in [5, 5.41) is 9.55. The van der Waals surface area contributed by atoms with Gasteiger partial charge in [-0.25, -0.2) is 9.97 Å². The van der Waals surface area contributed by atoms with E-state index in [9.17, 15) is 4.79 Å². The summed E-state index contributed by atoms with van der Waals surface area (Å²) in [7, 11) is 0. The van der Waals surface area contributed by atoms with Gasteiger partial charge in [-0.05, 0) is 18.2 Å². The van der Waals surface area contributed by atoms with Crippen molar-refractivity contribution in [2.24, 2.45) is 5.92 Å². The zero-order valence-corrected chi connectivity index (χ0v) is 14.4. The highest BCUT2D eigenvalue weighted by Crippen LogP contribution is 2.19. The van der Waals surface area contributed by atoms with E-state index in [0.717, 1.165) is 24.6 Å². The maximum absolute atomic E-state index is 12.8. The van der Waals surface area contributed by atoms with Crippen molar-refractivity contribution >= 4 is 23.1 Å². The molecule has 0 spiro atoms. The zero-order valence-electron chi connectivity index (χ0n) is 13.6. The standard InChI is InChI=1S/C17H18N6OS/c24-17(15-11-25-12-20-15)22-8-13(7-19-16-3-1-2-5-18-16)9-23-14(10-22)4-6-21-23/h1-6,11-13H,7-10H2,(H,18,19)/t13-/m1/s1. The molecule has 0 saturated heterocycles. The van der Waals surface area contributed by atoms with Crippen molar-refractivity contribution in [3.8, 4) is 0 Å². The van der Waals surface area contributed by atoms with Crippen molar-refractivity contribution in [3.05, 3.63) is 58.9 Å². The van der Waals surface area contributed by atoms with E-state index in [-0.39, 0.29) is 11.8 Å². The summed E-state index contributed by atoms with van der Waals surface area (Å²) in [5.74, 6) is 1.04. The Bertz CT molecular complexity index is 832. The number of anilines is 1. The zero-order chi connectivity index (χ0) is 17.1. The first-order valence-corrected chi connectivity index (χ1v) is 9.07. The lowest BCUT2D eigenvalue weighted by molar-refractivity contribution is 0.0719. The predicted molar refractivity (Wildman–Crippen MR) is 95.3 cm³/mol. The minimum absolute atomic E-state index is 0.0289. The monoisotopic (exact) mass is 354 g/mol. The van der Waals surface area contributed by atoms with Gasteiger partial charge in [-0.3, -0.25) is 9.48 Å². The smallest absolute Gasteiger partial charge is 0.273 e. The van der Waals surface area contributed by atoms with Crippen molar-refractivity contribution in [1.29, 1.82) is 0 Å². The normalized spacial score (nSPS) is 17.0.